The maximum Gasteiger partial charge on any atom is 0.324 e. The lowest BCUT2D eigenvalue weighted by Gasteiger charge is -2.08. The Morgan fingerprint density at radius 1 is 1.22 bits per heavy atom. The SMILES string of the molecule is NC(=O)C(=O)NNS(=O)(=O)c1cc(Cl)ccc1Cl. The highest BCUT2D eigenvalue weighted by atomic mass is 35.5. The Morgan fingerprint density at radius 3 is 2.39 bits per heavy atom. The molecule has 1 aromatic rings. The largest absolute Gasteiger partial charge is 0.361 e. The first-order valence-electron chi connectivity index (χ1n) is 4.30. The molecule has 7 nitrogen and oxygen atoms in total. The zero-order valence-electron chi connectivity index (χ0n) is 8.61. The van der Waals surface area contributed by atoms with E-state index < -0.39 is 21.8 Å². The first-order valence-corrected chi connectivity index (χ1v) is 6.54. The molecule has 0 aliphatic heterocycles. The van der Waals surface area contributed by atoms with Crippen LogP contribution >= 0.6 is 23.2 Å². The van der Waals surface area contributed by atoms with E-state index in [1.807, 2.05) is 0 Å². The zero-order valence-corrected chi connectivity index (χ0v) is 10.9. The number of carbonyl (C=O) groups excluding carboxylic acids is 2. The number of halogens is 2. The molecule has 98 valence electrons. The van der Waals surface area contributed by atoms with Crippen molar-refractivity contribution in [3.05, 3.63) is 28.2 Å². The van der Waals surface area contributed by atoms with Gasteiger partial charge in [-0.1, -0.05) is 23.2 Å². The second-order valence-electron chi connectivity index (χ2n) is 3.00. The predicted molar refractivity (Wildman–Crippen MR) is 64.1 cm³/mol. The summed E-state index contributed by atoms with van der Waals surface area (Å²) in [4.78, 5) is 22.5. The van der Waals surface area contributed by atoms with E-state index in [1.165, 1.54) is 12.1 Å². The summed E-state index contributed by atoms with van der Waals surface area (Å²) >= 11 is 11.3. The Balaban J connectivity index is 2.97. The third kappa shape index (κ3) is 3.57. The summed E-state index contributed by atoms with van der Waals surface area (Å²) in [6.07, 6.45) is 0. The van der Waals surface area contributed by atoms with Crippen LogP contribution in [0.1, 0.15) is 0 Å². The van der Waals surface area contributed by atoms with Gasteiger partial charge in [-0.2, -0.15) is 0 Å². The number of hydrogen-bond donors (Lipinski definition) is 3. The third-order valence-corrected chi connectivity index (χ3v) is 3.67. The van der Waals surface area contributed by atoms with Crippen molar-refractivity contribution in [1.29, 1.82) is 0 Å². The number of hydrogen-bond acceptors (Lipinski definition) is 4. The van der Waals surface area contributed by atoms with Crippen molar-refractivity contribution < 1.29 is 18.0 Å². The van der Waals surface area contributed by atoms with Crippen LogP contribution in [0.3, 0.4) is 0 Å². The van der Waals surface area contributed by atoms with E-state index in [9.17, 15) is 18.0 Å². The van der Waals surface area contributed by atoms with Crippen LogP contribution in [0, 0.1) is 0 Å². The lowest BCUT2D eigenvalue weighted by atomic mass is 10.4. The molecule has 0 bridgehead atoms. The molecule has 10 heteroatoms. The molecule has 1 aromatic carbocycles. The number of amides is 2. The molecule has 0 saturated heterocycles. The Labute approximate surface area is 112 Å². The lowest BCUT2D eigenvalue weighted by molar-refractivity contribution is -0.137. The Kier molecular flexibility index (Phi) is 4.52. The number of rotatable bonds is 3. The second-order valence-corrected chi connectivity index (χ2v) is 5.49. The maximum absolute atomic E-state index is 11.7. The van der Waals surface area contributed by atoms with Gasteiger partial charge in [0.15, 0.2) is 0 Å². The Morgan fingerprint density at radius 2 is 1.83 bits per heavy atom. The molecule has 0 aliphatic rings. The van der Waals surface area contributed by atoms with Crippen LogP contribution in [-0.4, -0.2) is 20.2 Å². The van der Waals surface area contributed by atoms with E-state index in [4.69, 9.17) is 23.2 Å². The topological polar surface area (TPSA) is 118 Å². The van der Waals surface area contributed by atoms with E-state index in [1.54, 1.807) is 10.3 Å². The molecule has 0 unspecified atom stereocenters. The van der Waals surface area contributed by atoms with Crippen molar-refractivity contribution >= 4 is 45.0 Å². The van der Waals surface area contributed by atoms with E-state index >= 15 is 0 Å². The van der Waals surface area contributed by atoms with E-state index in [0.29, 0.717) is 0 Å². The number of primary amides is 1. The van der Waals surface area contributed by atoms with Crippen molar-refractivity contribution in [1.82, 2.24) is 10.3 Å². The molecule has 1 rings (SSSR count). The van der Waals surface area contributed by atoms with Gasteiger partial charge in [0.2, 0.25) is 0 Å². The van der Waals surface area contributed by atoms with Crippen LogP contribution < -0.4 is 16.0 Å². The van der Waals surface area contributed by atoms with E-state index in [-0.39, 0.29) is 14.9 Å². The molecular formula is C8H7Cl2N3O4S. The first-order chi connectivity index (χ1) is 8.24. The summed E-state index contributed by atoms with van der Waals surface area (Å²) in [5.41, 5.74) is 6.24. The van der Waals surface area contributed by atoms with Crippen LogP contribution in [0.2, 0.25) is 10.0 Å². The summed E-state index contributed by atoms with van der Waals surface area (Å²) in [5, 5.41) is 0.0428. The molecule has 0 heterocycles. The fourth-order valence-corrected chi connectivity index (χ4v) is 2.52. The average molecular weight is 312 g/mol. The maximum atomic E-state index is 11.7. The quantitative estimate of drug-likeness (QED) is 0.528. The van der Waals surface area contributed by atoms with Gasteiger partial charge in [-0.05, 0) is 18.2 Å². The van der Waals surface area contributed by atoms with Gasteiger partial charge in [0, 0.05) is 5.02 Å². The number of hydrazine groups is 1. The van der Waals surface area contributed by atoms with Gasteiger partial charge in [0.25, 0.3) is 10.0 Å². The molecule has 0 aliphatic carbocycles. The number of carbonyl (C=O) groups is 2. The Hall–Kier alpha value is -1.35. The monoisotopic (exact) mass is 311 g/mol. The number of nitrogens with one attached hydrogen (secondary N) is 2. The van der Waals surface area contributed by atoms with Gasteiger partial charge in [0.1, 0.15) is 4.90 Å². The highest BCUT2D eigenvalue weighted by Gasteiger charge is 2.20. The minimum absolute atomic E-state index is 0.0970. The number of sulfonamides is 1. The molecule has 2 amide bonds. The molecule has 4 N–H and O–H groups in total. The van der Waals surface area contributed by atoms with Crippen LogP contribution in [0.15, 0.2) is 23.1 Å². The minimum Gasteiger partial charge on any atom is -0.361 e. The fourth-order valence-electron chi connectivity index (χ4n) is 0.913. The van der Waals surface area contributed by atoms with Crippen LogP contribution in [0.25, 0.3) is 0 Å². The predicted octanol–water partition coefficient (Wildman–Crippen LogP) is -0.212. The van der Waals surface area contributed by atoms with Crippen molar-refractivity contribution in [2.24, 2.45) is 5.73 Å². The van der Waals surface area contributed by atoms with Gasteiger partial charge >= 0.3 is 11.8 Å². The first kappa shape index (κ1) is 14.7. The van der Waals surface area contributed by atoms with Crippen LogP contribution in [0.5, 0.6) is 0 Å². The molecule has 0 saturated carbocycles. The minimum atomic E-state index is -4.15. The highest BCUT2D eigenvalue weighted by molar-refractivity contribution is 7.89. The highest BCUT2D eigenvalue weighted by Crippen LogP contribution is 2.24. The van der Waals surface area contributed by atoms with E-state index in [0.717, 1.165) is 6.07 Å². The van der Waals surface area contributed by atoms with E-state index in [2.05, 4.69) is 5.73 Å². The van der Waals surface area contributed by atoms with Gasteiger partial charge in [-0.15, -0.1) is 4.83 Å². The lowest BCUT2D eigenvalue weighted by Crippen LogP contribution is -2.46. The van der Waals surface area contributed by atoms with Gasteiger partial charge in [0.05, 0.1) is 5.02 Å². The van der Waals surface area contributed by atoms with Crippen molar-refractivity contribution in [2.75, 3.05) is 0 Å². The molecule has 18 heavy (non-hydrogen) atoms. The van der Waals surface area contributed by atoms with Gasteiger partial charge in [-0.3, -0.25) is 15.0 Å². The van der Waals surface area contributed by atoms with Crippen molar-refractivity contribution in [2.45, 2.75) is 4.90 Å². The zero-order chi connectivity index (χ0) is 13.9. The number of benzene rings is 1. The molecule has 0 atom stereocenters. The Bertz CT molecular complexity index is 602. The molecule has 0 fully saturated rings. The van der Waals surface area contributed by atoms with Crippen molar-refractivity contribution in [3.8, 4) is 0 Å². The molecule has 0 spiro atoms. The third-order valence-electron chi connectivity index (χ3n) is 1.71. The standard InChI is InChI=1S/C8H7Cl2N3O4S/c9-4-1-2-5(10)6(3-4)18(16,17)13-12-8(15)7(11)14/h1-3,13H,(H2,11,14)(H,12,15). The number of nitrogens with two attached hydrogens (primary N) is 1. The van der Waals surface area contributed by atoms with Gasteiger partial charge < -0.3 is 5.73 Å². The van der Waals surface area contributed by atoms with Gasteiger partial charge in [-0.25, -0.2) is 8.42 Å². The second kappa shape index (κ2) is 5.53. The molecular weight excluding hydrogens is 305 g/mol. The summed E-state index contributed by atoms with van der Waals surface area (Å²) < 4.78 is 23.4. The average Bonchev–Trinajstić information content (AvgIpc) is 2.29. The normalized spacial score (nSPS) is 11.0. The summed E-state index contributed by atoms with van der Waals surface area (Å²) in [6, 6.07) is 3.75. The molecule has 0 aromatic heterocycles. The summed E-state index contributed by atoms with van der Waals surface area (Å²) in [6.45, 7) is 0. The smallest absolute Gasteiger partial charge is 0.324 e. The summed E-state index contributed by atoms with van der Waals surface area (Å²) in [7, 11) is -4.15. The fraction of sp³-hybridized carbons (Fsp3) is 0. The van der Waals surface area contributed by atoms with Crippen LogP contribution in [0.4, 0.5) is 0 Å². The molecule has 0 radical (unpaired) electrons. The van der Waals surface area contributed by atoms with Crippen molar-refractivity contribution in [3.63, 3.8) is 0 Å². The summed E-state index contributed by atoms with van der Waals surface area (Å²) in [5.74, 6) is -2.65. The van der Waals surface area contributed by atoms with Crippen LogP contribution in [-0.2, 0) is 19.6 Å².